The van der Waals surface area contributed by atoms with Crippen LogP contribution in [0.2, 0.25) is 0 Å². The number of carbonyl (C=O) groups is 2. The van der Waals surface area contributed by atoms with E-state index in [9.17, 15) is 9.59 Å². The zero-order chi connectivity index (χ0) is 22.4. The minimum Gasteiger partial charge on any atom is -0.444 e. The first-order valence-corrected chi connectivity index (χ1v) is 11.6. The molecule has 1 fully saturated rings. The summed E-state index contributed by atoms with van der Waals surface area (Å²) in [5, 5.41) is 2.82. The number of hydrogen-bond donors (Lipinski definition) is 1. The molecule has 2 amide bonds. The number of carbonyl (C=O) groups excluding carboxylic acids is 2. The van der Waals surface area contributed by atoms with E-state index in [4.69, 9.17) is 4.74 Å². The predicted octanol–water partition coefficient (Wildman–Crippen LogP) is 5.42. The van der Waals surface area contributed by atoms with Crippen molar-refractivity contribution in [3.8, 4) is 0 Å². The monoisotopic (exact) mass is 486 g/mol. The third-order valence-electron chi connectivity index (χ3n) is 5.35. The molecule has 0 bridgehead atoms. The summed E-state index contributed by atoms with van der Waals surface area (Å²) in [4.78, 5) is 26.6. The van der Waals surface area contributed by atoms with Crippen LogP contribution in [-0.4, -0.2) is 35.6 Å². The number of ether oxygens (including phenoxy) is 1. The van der Waals surface area contributed by atoms with Crippen LogP contribution in [-0.2, 0) is 22.5 Å². The molecule has 0 saturated carbocycles. The summed E-state index contributed by atoms with van der Waals surface area (Å²) in [7, 11) is 0. The Kier molecular flexibility index (Phi) is 7.76. The van der Waals surface area contributed by atoms with E-state index in [1.54, 1.807) is 0 Å². The number of rotatable bonds is 5. The molecule has 1 saturated heterocycles. The average molecular weight is 487 g/mol. The molecule has 1 N–H and O–H groups in total. The molecular weight excluding hydrogens is 456 g/mol. The molecule has 1 heterocycles. The fourth-order valence-electron chi connectivity index (χ4n) is 3.84. The molecule has 0 atom stereocenters. The van der Waals surface area contributed by atoms with Crippen molar-refractivity contribution in [2.24, 2.45) is 0 Å². The Hall–Kier alpha value is -2.34. The van der Waals surface area contributed by atoms with Gasteiger partial charge in [-0.3, -0.25) is 4.79 Å². The van der Waals surface area contributed by atoms with Crippen LogP contribution in [0.5, 0.6) is 0 Å². The zero-order valence-electron chi connectivity index (χ0n) is 18.5. The Balaban J connectivity index is 1.51. The zero-order valence-corrected chi connectivity index (χ0v) is 20.1. The van der Waals surface area contributed by atoms with Gasteiger partial charge in [0.1, 0.15) is 5.60 Å². The second kappa shape index (κ2) is 10.3. The van der Waals surface area contributed by atoms with Crippen molar-refractivity contribution < 1.29 is 14.3 Å². The van der Waals surface area contributed by atoms with Gasteiger partial charge in [0.2, 0.25) is 5.91 Å². The maximum absolute atomic E-state index is 12.7. The topological polar surface area (TPSA) is 58.6 Å². The highest BCUT2D eigenvalue weighted by Crippen LogP contribution is 2.29. The van der Waals surface area contributed by atoms with Crippen LogP contribution in [0.1, 0.15) is 56.2 Å². The average Bonchev–Trinajstić information content (AvgIpc) is 2.71. The smallest absolute Gasteiger partial charge is 0.407 e. The van der Waals surface area contributed by atoms with Crippen molar-refractivity contribution in [3.63, 3.8) is 0 Å². The molecule has 1 aliphatic heterocycles. The van der Waals surface area contributed by atoms with Crippen molar-refractivity contribution in [1.82, 2.24) is 10.2 Å². The molecule has 2 aromatic carbocycles. The molecule has 2 aromatic rings. The summed E-state index contributed by atoms with van der Waals surface area (Å²) >= 11 is 3.46. The summed E-state index contributed by atoms with van der Waals surface area (Å²) in [6.45, 7) is 7.54. The van der Waals surface area contributed by atoms with Gasteiger partial charge in [-0.05, 0) is 68.4 Å². The summed E-state index contributed by atoms with van der Waals surface area (Å²) in [5.74, 6) is 0.614. The summed E-state index contributed by atoms with van der Waals surface area (Å²) < 4.78 is 6.30. The molecule has 1 aliphatic rings. The molecule has 6 heteroatoms. The van der Waals surface area contributed by atoms with E-state index >= 15 is 0 Å². The van der Waals surface area contributed by atoms with Gasteiger partial charge in [0.15, 0.2) is 0 Å². The third kappa shape index (κ3) is 7.39. The minimum absolute atomic E-state index is 0.187. The maximum atomic E-state index is 12.7. The fraction of sp³-hybridized carbons (Fsp3) is 0.440. The first-order chi connectivity index (χ1) is 14.7. The Morgan fingerprint density at radius 3 is 2.42 bits per heavy atom. The Morgan fingerprint density at radius 1 is 1.06 bits per heavy atom. The van der Waals surface area contributed by atoms with Gasteiger partial charge in [0.25, 0.3) is 0 Å². The van der Waals surface area contributed by atoms with Gasteiger partial charge in [0.05, 0.1) is 6.42 Å². The molecule has 5 nitrogen and oxygen atoms in total. The van der Waals surface area contributed by atoms with Crippen LogP contribution in [0.25, 0.3) is 0 Å². The molecule has 0 aliphatic carbocycles. The van der Waals surface area contributed by atoms with Crippen LogP contribution in [0.15, 0.2) is 53.0 Å². The summed E-state index contributed by atoms with van der Waals surface area (Å²) in [5.41, 5.74) is 2.85. The van der Waals surface area contributed by atoms with Crippen LogP contribution in [0.3, 0.4) is 0 Å². The molecule has 0 unspecified atom stereocenters. The highest BCUT2D eigenvalue weighted by Gasteiger charge is 2.24. The second-order valence-corrected chi connectivity index (χ2v) is 9.98. The number of amides is 2. The van der Waals surface area contributed by atoms with E-state index < -0.39 is 11.7 Å². The summed E-state index contributed by atoms with van der Waals surface area (Å²) in [6, 6.07) is 16.3. The van der Waals surface area contributed by atoms with Crippen molar-refractivity contribution in [3.05, 3.63) is 69.7 Å². The van der Waals surface area contributed by atoms with E-state index in [-0.39, 0.29) is 5.91 Å². The number of hydrogen-bond acceptors (Lipinski definition) is 3. The van der Waals surface area contributed by atoms with E-state index in [2.05, 4.69) is 33.4 Å². The number of halogens is 1. The molecular formula is C25H31BrN2O3. The number of likely N-dealkylation sites (tertiary alicyclic amines) is 1. The van der Waals surface area contributed by atoms with E-state index in [1.165, 1.54) is 5.56 Å². The molecule has 31 heavy (non-hydrogen) atoms. The number of alkyl carbamates (subject to hydrolysis) is 1. The van der Waals surface area contributed by atoms with Crippen molar-refractivity contribution in [2.45, 2.75) is 58.1 Å². The number of benzene rings is 2. The Labute approximate surface area is 193 Å². The van der Waals surface area contributed by atoms with Crippen molar-refractivity contribution in [2.75, 3.05) is 13.1 Å². The second-order valence-electron chi connectivity index (χ2n) is 9.06. The lowest BCUT2D eigenvalue weighted by molar-refractivity contribution is -0.131. The van der Waals surface area contributed by atoms with Gasteiger partial charge >= 0.3 is 6.09 Å². The van der Waals surface area contributed by atoms with Crippen LogP contribution in [0.4, 0.5) is 4.79 Å². The first-order valence-electron chi connectivity index (χ1n) is 10.8. The van der Waals surface area contributed by atoms with Crippen LogP contribution in [0, 0.1) is 0 Å². The Bertz CT molecular complexity index is 915. The number of nitrogens with zero attached hydrogens (tertiary/aromatic N) is 1. The number of piperidine rings is 1. The predicted molar refractivity (Wildman–Crippen MR) is 126 cm³/mol. The fourth-order valence-corrected chi connectivity index (χ4v) is 4.29. The quantitative estimate of drug-likeness (QED) is 0.613. The summed E-state index contributed by atoms with van der Waals surface area (Å²) in [6.07, 6.45) is 1.94. The third-order valence-corrected chi connectivity index (χ3v) is 5.84. The van der Waals surface area contributed by atoms with E-state index in [0.717, 1.165) is 41.5 Å². The van der Waals surface area contributed by atoms with Gasteiger partial charge in [-0.15, -0.1) is 0 Å². The minimum atomic E-state index is -0.506. The van der Waals surface area contributed by atoms with Gasteiger partial charge in [-0.1, -0.05) is 52.3 Å². The molecule has 0 spiro atoms. The first kappa shape index (κ1) is 23.3. The Morgan fingerprint density at radius 2 is 1.74 bits per heavy atom. The molecule has 0 radical (unpaired) electrons. The highest BCUT2D eigenvalue weighted by atomic mass is 79.9. The van der Waals surface area contributed by atoms with Gasteiger partial charge in [-0.25, -0.2) is 4.79 Å². The normalized spacial score (nSPS) is 14.9. The van der Waals surface area contributed by atoms with Crippen LogP contribution < -0.4 is 5.32 Å². The maximum Gasteiger partial charge on any atom is 0.407 e. The highest BCUT2D eigenvalue weighted by molar-refractivity contribution is 9.10. The van der Waals surface area contributed by atoms with Gasteiger partial charge in [-0.2, -0.15) is 0 Å². The largest absolute Gasteiger partial charge is 0.444 e. The van der Waals surface area contributed by atoms with Crippen molar-refractivity contribution in [1.29, 1.82) is 0 Å². The lowest BCUT2D eigenvalue weighted by Gasteiger charge is -2.32. The standard InChI is InChI=1S/C25H31BrN2O3/c1-25(2,3)31-24(30)27-17-19-7-4-8-21(14-19)20-10-12-28(13-11-20)23(29)16-18-6-5-9-22(26)15-18/h4-9,14-15,20H,10-13,16-17H2,1-3H3,(H,27,30). The molecule has 0 aromatic heterocycles. The number of nitrogens with one attached hydrogen (secondary N) is 1. The van der Waals surface area contributed by atoms with Gasteiger partial charge < -0.3 is 15.0 Å². The van der Waals surface area contributed by atoms with Crippen molar-refractivity contribution >= 4 is 27.9 Å². The SMILES string of the molecule is CC(C)(C)OC(=O)NCc1cccc(C2CCN(C(=O)Cc3cccc(Br)c3)CC2)c1. The lowest BCUT2D eigenvalue weighted by atomic mass is 9.88. The van der Waals surface area contributed by atoms with Gasteiger partial charge in [0, 0.05) is 24.1 Å². The van der Waals surface area contributed by atoms with E-state index in [1.807, 2.05) is 62.1 Å². The van der Waals surface area contributed by atoms with E-state index in [0.29, 0.717) is 18.9 Å². The lowest BCUT2D eigenvalue weighted by Crippen LogP contribution is -2.38. The van der Waals surface area contributed by atoms with Crippen LogP contribution >= 0.6 is 15.9 Å². The molecule has 3 rings (SSSR count). The molecule has 166 valence electrons.